The first-order valence-electron chi connectivity index (χ1n) is 6.63. The van der Waals surface area contributed by atoms with Gasteiger partial charge < -0.3 is 5.32 Å². The molecule has 0 unspecified atom stereocenters. The van der Waals surface area contributed by atoms with Gasteiger partial charge in [-0.15, -0.1) is 0 Å². The number of halogens is 2. The maximum atomic E-state index is 8.84. The van der Waals surface area contributed by atoms with Crippen LogP contribution < -0.4 is 5.32 Å². The summed E-state index contributed by atoms with van der Waals surface area (Å²) in [5.74, 6) is 0. The molecule has 0 saturated heterocycles. The highest BCUT2D eigenvalue weighted by molar-refractivity contribution is 6.30. The van der Waals surface area contributed by atoms with E-state index in [9.17, 15) is 0 Å². The molecule has 2 aromatic carbocycles. The van der Waals surface area contributed by atoms with Crippen LogP contribution in [0.4, 0.5) is 5.69 Å². The van der Waals surface area contributed by atoms with Crippen molar-refractivity contribution >= 4 is 34.6 Å². The van der Waals surface area contributed by atoms with Gasteiger partial charge in [0.05, 0.1) is 0 Å². The third-order valence-corrected chi connectivity index (χ3v) is 3.44. The maximum Gasteiger partial charge on any atom is 0.129 e. The average Bonchev–Trinajstić information content (AvgIpc) is 2.57. The Labute approximate surface area is 144 Å². The van der Waals surface area contributed by atoms with E-state index in [1.54, 1.807) is 30.3 Å². The molecule has 2 rings (SSSR count). The Morgan fingerprint density at radius 3 is 1.87 bits per heavy atom. The van der Waals surface area contributed by atoms with E-state index >= 15 is 0 Å². The quantitative estimate of drug-likeness (QED) is 0.597. The number of hydrogen-bond donors (Lipinski definition) is 1. The molecule has 0 aliphatic heterocycles. The van der Waals surface area contributed by atoms with Crippen molar-refractivity contribution < 1.29 is 0 Å². The fourth-order valence-electron chi connectivity index (χ4n) is 1.79. The monoisotopic (exact) mass is 339 g/mol. The second-order valence-corrected chi connectivity index (χ2v) is 5.40. The molecule has 0 spiro atoms. The minimum Gasteiger partial charge on any atom is -0.355 e. The zero-order valence-electron chi connectivity index (χ0n) is 11.9. The number of benzene rings is 2. The summed E-state index contributed by atoms with van der Waals surface area (Å²) in [5, 5.41) is 22.2. The van der Waals surface area contributed by atoms with Crippen LogP contribution in [0.15, 0.2) is 66.3 Å². The number of nitriles is 2. The van der Waals surface area contributed by atoms with Crippen LogP contribution in [0.25, 0.3) is 5.70 Å². The van der Waals surface area contributed by atoms with Gasteiger partial charge in [0.15, 0.2) is 0 Å². The molecule has 0 saturated carbocycles. The van der Waals surface area contributed by atoms with Crippen molar-refractivity contribution in [1.82, 2.24) is 0 Å². The first-order valence-corrected chi connectivity index (χ1v) is 7.38. The smallest absolute Gasteiger partial charge is 0.129 e. The second kappa shape index (κ2) is 8.06. The predicted octanol–water partition coefficient (Wildman–Crippen LogP) is 5.42. The van der Waals surface area contributed by atoms with Crippen molar-refractivity contribution in [2.24, 2.45) is 0 Å². The van der Waals surface area contributed by atoms with Crippen LogP contribution in [0.3, 0.4) is 0 Å². The highest BCUT2D eigenvalue weighted by atomic mass is 35.5. The van der Waals surface area contributed by atoms with Crippen LogP contribution in [0.1, 0.15) is 5.56 Å². The predicted molar refractivity (Wildman–Crippen MR) is 93.8 cm³/mol. The number of nitrogens with zero attached hydrogens (tertiary/aromatic N) is 2. The third-order valence-electron chi connectivity index (χ3n) is 2.94. The van der Waals surface area contributed by atoms with Crippen molar-refractivity contribution in [3.05, 3.63) is 81.9 Å². The van der Waals surface area contributed by atoms with Gasteiger partial charge in [-0.1, -0.05) is 35.3 Å². The molecule has 0 aliphatic carbocycles. The SMILES string of the molecule is N#CC(C#N)=C/C=C(/Nc1ccc(Cl)cc1)c1ccc(Cl)cc1. The van der Waals surface area contributed by atoms with E-state index in [0.717, 1.165) is 16.9 Å². The molecule has 0 heterocycles. The van der Waals surface area contributed by atoms with Gasteiger partial charge in [0.1, 0.15) is 17.7 Å². The zero-order chi connectivity index (χ0) is 16.7. The van der Waals surface area contributed by atoms with Gasteiger partial charge >= 0.3 is 0 Å². The Morgan fingerprint density at radius 2 is 1.35 bits per heavy atom. The number of anilines is 1. The lowest BCUT2D eigenvalue weighted by molar-refractivity contribution is 1.46. The van der Waals surface area contributed by atoms with Crippen molar-refractivity contribution in [1.29, 1.82) is 10.5 Å². The van der Waals surface area contributed by atoms with E-state index in [1.165, 1.54) is 6.08 Å². The van der Waals surface area contributed by atoms with Crippen LogP contribution in [0, 0.1) is 22.7 Å². The minimum atomic E-state index is 0.0226. The Kier molecular flexibility index (Phi) is 5.83. The molecule has 5 heteroatoms. The fraction of sp³-hybridized carbons (Fsp3) is 0. The number of hydrogen-bond acceptors (Lipinski definition) is 3. The molecule has 0 bridgehead atoms. The number of rotatable bonds is 4. The molecule has 0 aliphatic rings. The molecular formula is C18H11Cl2N3. The van der Waals surface area contributed by atoms with Gasteiger partial charge in [0, 0.05) is 21.4 Å². The molecule has 2 aromatic rings. The van der Waals surface area contributed by atoms with Gasteiger partial charge in [-0.25, -0.2) is 0 Å². The molecule has 23 heavy (non-hydrogen) atoms. The second-order valence-electron chi connectivity index (χ2n) is 4.52. The Balaban J connectivity index is 2.39. The minimum absolute atomic E-state index is 0.0226. The van der Waals surface area contributed by atoms with Crippen molar-refractivity contribution in [2.45, 2.75) is 0 Å². The van der Waals surface area contributed by atoms with Crippen LogP contribution >= 0.6 is 23.2 Å². The first-order chi connectivity index (χ1) is 11.1. The first kappa shape index (κ1) is 16.6. The lowest BCUT2D eigenvalue weighted by atomic mass is 10.1. The van der Waals surface area contributed by atoms with E-state index in [4.69, 9.17) is 33.7 Å². The molecule has 112 valence electrons. The van der Waals surface area contributed by atoms with Gasteiger partial charge in [-0.3, -0.25) is 0 Å². The maximum absolute atomic E-state index is 8.84. The normalized spacial score (nSPS) is 10.3. The molecule has 0 aromatic heterocycles. The molecule has 1 N–H and O–H groups in total. The number of allylic oxidation sites excluding steroid dienone is 3. The summed E-state index contributed by atoms with van der Waals surface area (Å²) in [6.07, 6.45) is 3.15. The van der Waals surface area contributed by atoms with E-state index in [0.29, 0.717) is 10.0 Å². The summed E-state index contributed by atoms with van der Waals surface area (Å²) in [6.45, 7) is 0. The fourth-order valence-corrected chi connectivity index (χ4v) is 2.05. The summed E-state index contributed by atoms with van der Waals surface area (Å²) in [7, 11) is 0. The highest BCUT2D eigenvalue weighted by Crippen LogP contribution is 2.22. The molecular weight excluding hydrogens is 329 g/mol. The Bertz CT molecular complexity index is 805. The summed E-state index contributed by atoms with van der Waals surface area (Å²) in [4.78, 5) is 0. The lowest BCUT2D eigenvalue weighted by Crippen LogP contribution is -1.98. The molecule has 0 amide bonds. The summed E-state index contributed by atoms with van der Waals surface area (Å²) in [5.41, 5.74) is 2.46. The molecule has 0 radical (unpaired) electrons. The van der Waals surface area contributed by atoms with E-state index in [2.05, 4.69) is 5.32 Å². The van der Waals surface area contributed by atoms with Crippen molar-refractivity contribution in [3.8, 4) is 12.1 Å². The van der Waals surface area contributed by atoms with Crippen molar-refractivity contribution in [3.63, 3.8) is 0 Å². The van der Waals surface area contributed by atoms with Crippen LogP contribution in [-0.2, 0) is 0 Å². The standard InChI is InChI=1S/C18H11Cl2N3/c19-15-4-2-14(3-5-15)18(10-1-13(11-21)12-22)23-17-8-6-16(20)7-9-17/h1-10,23H/b18-10+. The molecule has 3 nitrogen and oxygen atoms in total. The van der Waals surface area contributed by atoms with Gasteiger partial charge in [-0.2, -0.15) is 10.5 Å². The highest BCUT2D eigenvalue weighted by Gasteiger charge is 2.03. The Hall–Kier alpha value is -2.72. The van der Waals surface area contributed by atoms with Crippen LogP contribution in [-0.4, -0.2) is 0 Å². The van der Waals surface area contributed by atoms with Crippen LogP contribution in [0.2, 0.25) is 10.0 Å². The van der Waals surface area contributed by atoms with Gasteiger partial charge in [-0.05, 0) is 54.1 Å². The summed E-state index contributed by atoms with van der Waals surface area (Å²) >= 11 is 11.8. The number of nitrogens with one attached hydrogen (secondary N) is 1. The largest absolute Gasteiger partial charge is 0.355 e. The topological polar surface area (TPSA) is 59.6 Å². The van der Waals surface area contributed by atoms with Gasteiger partial charge in [0.25, 0.3) is 0 Å². The van der Waals surface area contributed by atoms with Crippen LogP contribution in [0.5, 0.6) is 0 Å². The van der Waals surface area contributed by atoms with E-state index in [1.807, 2.05) is 36.4 Å². The van der Waals surface area contributed by atoms with Gasteiger partial charge in [0.2, 0.25) is 0 Å². The molecule has 0 atom stereocenters. The lowest BCUT2D eigenvalue weighted by Gasteiger charge is -2.11. The van der Waals surface area contributed by atoms with E-state index in [-0.39, 0.29) is 5.57 Å². The summed E-state index contributed by atoms with van der Waals surface area (Å²) in [6, 6.07) is 18.1. The molecule has 0 fully saturated rings. The Morgan fingerprint density at radius 1 is 0.826 bits per heavy atom. The third kappa shape index (κ3) is 4.90. The average molecular weight is 340 g/mol. The summed E-state index contributed by atoms with van der Waals surface area (Å²) < 4.78 is 0. The van der Waals surface area contributed by atoms with E-state index < -0.39 is 0 Å². The zero-order valence-corrected chi connectivity index (χ0v) is 13.4. The van der Waals surface area contributed by atoms with Crippen molar-refractivity contribution in [2.75, 3.05) is 5.32 Å².